The zero-order valence-corrected chi connectivity index (χ0v) is 9.72. The summed E-state index contributed by atoms with van der Waals surface area (Å²) in [6.45, 7) is 1.60. The van der Waals surface area contributed by atoms with Gasteiger partial charge in [0.2, 0.25) is 0 Å². The Morgan fingerprint density at radius 3 is 2.40 bits per heavy atom. The average molecular weight is 224 g/mol. The van der Waals surface area contributed by atoms with Crippen LogP contribution >= 0.6 is 11.8 Å². The van der Waals surface area contributed by atoms with E-state index < -0.39 is 0 Å². The van der Waals surface area contributed by atoms with Crippen molar-refractivity contribution in [3.8, 4) is 0 Å². The van der Waals surface area contributed by atoms with Crippen molar-refractivity contribution in [2.75, 3.05) is 26.1 Å². The molecule has 0 amide bonds. The molecule has 0 unspecified atom stereocenters. The molecule has 0 saturated carbocycles. The standard InChI is InChI=1S/C12H16O2S/c1-15-11-4-2-10(3-5-11)6-12(7-13)8-14-9-12/h2-5,13H,6-9H2,1H3. The fraction of sp³-hybridized carbons (Fsp3) is 0.500. The van der Waals surface area contributed by atoms with Crippen LogP contribution in [-0.2, 0) is 11.2 Å². The third-order valence-corrected chi connectivity index (χ3v) is 3.63. The van der Waals surface area contributed by atoms with E-state index in [1.54, 1.807) is 11.8 Å². The van der Waals surface area contributed by atoms with Crippen molar-refractivity contribution < 1.29 is 9.84 Å². The van der Waals surface area contributed by atoms with E-state index in [0.29, 0.717) is 13.2 Å². The molecule has 0 aromatic heterocycles. The van der Waals surface area contributed by atoms with Crippen LogP contribution in [0.2, 0.25) is 0 Å². The highest BCUT2D eigenvalue weighted by molar-refractivity contribution is 7.98. The number of aliphatic hydroxyl groups excluding tert-OH is 1. The Bertz CT molecular complexity index is 311. The zero-order chi connectivity index (χ0) is 10.7. The molecule has 0 bridgehead atoms. The van der Waals surface area contributed by atoms with Crippen LogP contribution < -0.4 is 0 Å². The number of aliphatic hydroxyl groups is 1. The second-order valence-corrected chi connectivity index (χ2v) is 5.06. The molecular weight excluding hydrogens is 208 g/mol. The first-order valence-electron chi connectivity index (χ1n) is 5.10. The van der Waals surface area contributed by atoms with Crippen molar-refractivity contribution in [2.45, 2.75) is 11.3 Å². The summed E-state index contributed by atoms with van der Waals surface area (Å²) < 4.78 is 5.18. The normalized spacial score (nSPS) is 18.5. The van der Waals surface area contributed by atoms with Crippen molar-refractivity contribution in [3.63, 3.8) is 0 Å². The fourth-order valence-corrected chi connectivity index (χ4v) is 2.22. The number of hydrogen-bond acceptors (Lipinski definition) is 3. The van der Waals surface area contributed by atoms with Gasteiger partial charge in [0, 0.05) is 10.3 Å². The fourth-order valence-electron chi connectivity index (χ4n) is 1.82. The Morgan fingerprint density at radius 2 is 2.00 bits per heavy atom. The van der Waals surface area contributed by atoms with E-state index in [2.05, 4.69) is 30.5 Å². The minimum Gasteiger partial charge on any atom is -0.396 e. The maximum atomic E-state index is 9.31. The molecule has 0 spiro atoms. The number of rotatable bonds is 4. The topological polar surface area (TPSA) is 29.5 Å². The highest BCUT2D eigenvalue weighted by Gasteiger charge is 2.37. The van der Waals surface area contributed by atoms with Gasteiger partial charge in [-0.1, -0.05) is 12.1 Å². The summed E-state index contributed by atoms with van der Waals surface area (Å²) in [5.74, 6) is 0. The summed E-state index contributed by atoms with van der Waals surface area (Å²) >= 11 is 1.75. The molecule has 0 atom stereocenters. The Labute approximate surface area is 94.6 Å². The molecule has 1 N–H and O–H groups in total. The lowest BCUT2D eigenvalue weighted by atomic mass is 9.81. The molecule has 2 nitrogen and oxygen atoms in total. The molecular formula is C12H16O2S. The van der Waals surface area contributed by atoms with Crippen LogP contribution in [-0.4, -0.2) is 31.2 Å². The summed E-state index contributed by atoms with van der Waals surface area (Å²) in [5.41, 5.74) is 1.27. The molecule has 2 rings (SSSR count). The Balaban J connectivity index is 2.03. The Hall–Kier alpha value is -0.510. The van der Waals surface area contributed by atoms with E-state index in [4.69, 9.17) is 4.74 Å². The maximum Gasteiger partial charge on any atom is 0.0570 e. The molecule has 1 aliphatic rings. The van der Waals surface area contributed by atoms with Gasteiger partial charge in [-0.05, 0) is 30.4 Å². The molecule has 1 saturated heterocycles. The second kappa shape index (κ2) is 4.56. The molecule has 15 heavy (non-hydrogen) atoms. The second-order valence-electron chi connectivity index (χ2n) is 4.18. The van der Waals surface area contributed by atoms with E-state index >= 15 is 0 Å². The van der Waals surface area contributed by atoms with Gasteiger partial charge in [-0.15, -0.1) is 11.8 Å². The van der Waals surface area contributed by atoms with Gasteiger partial charge >= 0.3 is 0 Å². The van der Waals surface area contributed by atoms with Crippen molar-refractivity contribution in [1.82, 2.24) is 0 Å². The SMILES string of the molecule is CSc1ccc(CC2(CO)COC2)cc1. The quantitative estimate of drug-likeness (QED) is 0.793. The van der Waals surface area contributed by atoms with Crippen molar-refractivity contribution in [3.05, 3.63) is 29.8 Å². The minimum atomic E-state index is -0.0130. The summed E-state index contributed by atoms with van der Waals surface area (Å²) in [7, 11) is 0. The summed E-state index contributed by atoms with van der Waals surface area (Å²) in [6, 6.07) is 8.54. The molecule has 1 heterocycles. The van der Waals surface area contributed by atoms with Crippen LogP contribution in [0.25, 0.3) is 0 Å². The van der Waals surface area contributed by atoms with Crippen LogP contribution in [0.5, 0.6) is 0 Å². The molecule has 1 aromatic carbocycles. The van der Waals surface area contributed by atoms with E-state index in [0.717, 1.165) is 6.42 Å². The maximum absolute atomic E-state index is 9.31. The van der Waals surface area contributed by atoms with Crippen LogP contribution in [0.1, 0.15) is 5.56 Å². The van der Waals surface area contributed by atoms with Crippen molar-refractivity contribution >= 4 is 11.8 Å². The Morgan fingerprint density at radius 1 is 1.33 bits per heavy atom. The monoisotopic (exact) mass is 224 g/mol. The molecule has 0 aliphatic carbocycles. The first-order chi connectivity index (χ1) is 7.28. The number of hydrogen-bond donors (Lipinski definition) is 1. The predicted molar refractivity (Wildman–Crippen MR) is 62.3 cm³/mol. The van der Waals surface area contributed by atoms with Crippen LogP contribution in [0.15, 0.2) is 29.2 Å². The van der Waals surface area contributed by atoms with Crippen molar-refractivity contribution in [2.24, 2.45) is 5.41 Å². The third-order valence-electron chi connectivity index (χ3n) is 2.89. The van der Waals surface area contributed by atoms with Crippen LogP contribution in [0.3, 0.4) is 0 Å². The molecule has 1 aliphatic heterocycles. The number of benzene rings is 1. The molecule has 1 fully saturated rings. The lowest BCUT2D eigenvalue weighted by molar-refractivity contribution is -0.136. The van der Waals surface area contributed by atoms with Gasteiger partial charge in [-0.2, -0.15) is 0 Å². The lowest BCUT2D eigenvalue weighted by Gasteiger charge is -2.40. The third kappa shape index (κ3) is 2.36. The molecule has 0 radical (unpaired) electrons. The van der Waals surface area contributed by atoms with E-state index in [1.807, 2.05) is 0 Å². The van der Waals surface area contributed by atoms with Gasteiger partial charge in [0.25, 0.3) is 0 Å². The largest absolute Gasteiger partial charge is 0.396 e. The summed E-state index contributed by atoms with van der Waals surface area (Å²) in [4.78, 5) is 1.28. The average Bonchev–Trinajstić information content (AvgIpc) is 2.24. The van der Waals surface area contributed by atoms with Gasteiger partial charge in [0.1, 0.15) is 0 Å². The zero-order valence-electron chi connectivity index (χ0n) is 8.90. The van der Waals surface area contributed by atoms with Gasteiger partial charge in [-0.25, -0.2) is 0 Å². The Kier molecular flexibility index (Phi) is 3.34. The van der Waals surface area contributed by atoms with Crippen LogP contribution in [0, 0.1) is 5.41 Å². The van der Waals surface area contributed by atoms with E-state index in [-0.39, 0.29) is 12.0 Å². The van der Waals surface area contributed by atoms with Gasteiger partial charge in [0.15, 0.2) is 0 Å². The molecule has 1 aromatic rings. The predicted octanol–water partition coefficient (Wildman–Crippen LogP) is 1.96. The van der Waals surface area contributed by atoms with E-state index in [9.17, 15) is 5.11 Å². The number of ether oxygens (including phenoxy) is 1. The lowest BCUT2D eigenvalue weighted by Crippen LogP contribution is -2.47. The van der Waals surface area contributed by atoms with Crippen molar-refractivity contribution in [1.29, 1.82) is 0 Å². The first kappa shape index (κ1) is 11.0. The van der Waals surface area contributed by atoms with Gasteiger partial charge < -0.3 is 9.84 Å². The van der Waals surface area contributed by atoms with Crippen LogP contribution in [0.4, 0.5) is 0 Å². The number of thioether (sulfide) groups is 1. The highest BCUT2D eigenvalue weighted by Crippen LogP contribution is 2.31. The summed E-state index contributed by atoms with van der Waals surface area (Å²) in [5, 5.41) is 9.31. The molecule has 82 valence electrons. The van der Waals surface area contributed by atoms with E-state index in [1.165, 1.54) is 10.5 Å². The highest BCUT2D eigenvalue weighted by atomic mass is 32.2. The smallest absolute Gasteiger partial charge is 0.0570 e. The van der Waals surface area contributed by atoms with Gasteiger partial charge in [0.05, 0.1) is 19.8 Å². The molecule has 3 heteroatoms. The van der Waals surface area contributed by atoms with Gasteiger partial charge in [-0.3, -0.25) is 0 Å². The first-order valence-corrected chi connectivity index (χ1v) is 6.32. The minimum absolute atomic E-state index is 0.0130. The summed E-state index contributed by atoms with van der Waals surface area (Å²) in [6.07, 6.45) is 2.99.